The second-order valence-electron chi connectivity index (χ2n) is 8.88. The molecule has 1 saturated carbocycles. The van der Waals surface area contributed by atoms with Crippen LogP contribution in [0.15, 0.2) is 22.7 Å². The van der Waals surface area contributed by atoms with E-state index in [0.717, 1.165) is 38.5 Å². The molecule has 0 radical (unpaired) electrons. The van der Waals surface area contributed by atoms with Crippen molar-refractivity contribution in [2.24, 2.45) is 5.92 Å². The Balaban J connectivity index is 1.42. The molecule has 2 aromatic rings. The number of carboxylic acid groups (broad SMARTS) is 1. The molecule has 10 nitrogen and oxygen atoms in total. The Hall–Kier alpha value is -3.14. The van der Waals surface area contributed by atoms with E-state index in [9.17, 15) is 14.4 Å². The number of likely N-dealkylation sites (tertiary alicyclic amines) is 1. The number of carboxylic acids is 1. The highest BCUT2D eigenvalue weighted by atomic mass is 16.4. The summed E-state index contributed by atoms with van der Waals surface area (Å²) in [6.07, 6.45) is 7.84. The summed E-state index contributed by atoms with van der Waals surface area (Å²) in [5, 5.41) is 15.6. The number of fused-ring (bicyclic) bond motifs is 1. The van der Waals surface area contributed by atoms with E-state index < -0.39 is 18.1 Å². The quantitative estimate of drug-likeness (QED) is 0.467. The number of hydrogen-bond acceptors (Lipinski definition) is 7. The third-order valence-electron chi connectivity index (χ3n) is 6.66. The number of furan rings is 1. The average Bonchev–Trinajstić information content (AvgIpc) is 3.46. The van der Waals surface area contributed by atoms with Crippen LogP contribution in [0, 0.1) is 5.92 Å². The minimum Gasteiger partial charge on any atom is -0.480 e. The Kier molecular flexibility index (Phi) is 7.12. The van der Waals surface area contributed by atoms with Crippen LogP contribution in [0.5, 0.6) is 0 Å². The average molecular weight is 458 g/mol. The van der Waals surface area contributed by atoms with Crippen molar-refractivity contribution in [2.75, 3.05) is 18.8 Å². The zero-order valence-electron chi connectivity index (χ0n) is 18.6. The van der Waals surface area contributed by atoms with Crippen molar-refractivity contribution in [3.05, 3.63) is 24.1 Å². The van der Waals surface area contributed by atoms with E-state index in [-0.39, 0.29) is 30.8 Å². The van der Waals surface area contributed by atoms with E-state index in [2.05, 4.69) is 15.6 Å². The van der Waals surface area contributed by atoms with Crippen molar-refractivity contribution in [2.45, 2.75) is 63.6 Å². The van der Waals surface area contributed by atoms with Gasteiger partial charge in [0.1, 0.15) is 23.2 Å². The number of anilines is 1. The van der Waals surface area contributed by atoms with E-state index in [1.165, 1.54) is 0 Å². The van der Waals surface area contributed by atoms with Gasteiger partial charge in [0.2, 0.25) is 11.8 Å². The fraction of sp³-hybridized carbons (Fsp3) is 0.565. The molecule has 5 N–H and O–H groups in total. The van der Waals surface area contributed by atoms with Gasteiger partial charge in [0.25, 0.3) is 0 Å². The van der Waals surface area contributed by atoms with Crippen LogP contribution in [-0.4, -0.2) is 57.9 Å². The summed E-state index contributed by atoms with van der Waals surface area (Å²) in [5.74, 6) is -0.414. The third kappa shape index (κ3) is 5.27. The first kappa shape index (κ1) is 23.0. The second kappa shape index (κ2) is 10.2. The molecule has 0 aromatic carbocycles. The number of carbonyl (C=O) groups excluding carboxylic acids is 2. The first-order valence-corrected chi connectivity index (χ1v) is 11.6. The molecule has 2 amide bonds. The lowest BCUT2D eigenvalue weighted by molar-refractivity contribution is -0.142. The highest BCUT2D eigenvalue weighted by Gasteiger charge is 2.40. The zero-order chi connectivity index (χ0) is 23.4. The molecule has 3 heterocycles. The van der Waals surface area contributed by atoms with Crippen LogP contribution in [0.4, 0.5) is 5.82 Å². The number of nitrogens with zero attached hydrogens (tertiary/aromatic N) is 2. The first-order valence-electron chi connectivity index (χ1n) is 11.6. The van der Waals surface area contributed by atoms with Crippen LogP contribution in [0.1, 0.15) is 50.7 Å². The van der Waals surface area contributed by atoms with Gasteiger partial charge in [-0.05, 0) is 43.7 Å². The van der Waals surface area contributed by atoms with Crippen LogP contribution >= 0.6 is 0 Å². The number of aliphatic carboxylic acids is 1. The van der Waals surface area contributed by atoms with Crippen molar-refractivity contribution in [3.8, 4) is 0 Å². The van der Waals surface area contributed by atoms with E-state index in [4.69, 9.17) is 15.3 Å². The SMILES string of the molecule is Nc1nccc2oc(CNC(=O)[C@@H]3CCCN3C(=O)[C@H](NCC(=O)O)C3CCCCC3)cc12. The highest BCUT2D eigenvalue weighted by molar-refractivity contribution is 5.91. The minimum atomic E-state index is -0.999. The largest absolute Gasteiger partial charge is 0.480 e. The Morgan fingerprint density at radius 3 is 2.73 bits per heavy atom. The normalized spacial score (nSPS) is 20.1. The lowest BCUT2D eigenvalue weighted by atomic mass is 9.83. The number of hydrogen-bond donors (Lipinski definition) is 4. The standard InChI is InChI=1S/C23H31N5O5/c24-21-16-11-15(33-18(16)8-9-25-21)12-27-22(31)17-7-4-10-28(17)23(32)20(26-13-19(29)30)14-5-2-1-3-6-14/h8-9,11,14,17,20,26H,1-7,10,12-13H2,(H2,24,25)(H,27,31)(H,29,30)/t17-,20+/m0/s1. The molecule has 2 aliphatic rings. The van der Waals surface area contributed by atoms with E-state index in [1.807, 2.05) is 0 Å². The van der Waals surface area contributed by atoms with Crippen molar-refractivity contribution in [3.63, 3.8) is 0 Å². The minimum absolute atomic E-state index is 0.0875. The number of aromatic nitrogens is 1. The second-order valence-corrected chi connectivity index (χ2v) is 8.88. The van der Waals surface area contributed by atoms with Gasteiger partial charge in [0.15, 0.2) is 0 Å². The van der Waals surface area contributed by atoms with Crippen molar-refractivity contribution in [1.29, 1.82) is 0 Å². The lowest BCUT2D eigenvalue weighted by Crippen LogP contribution is -2.55. The molecular formula is C23H31N5O5. The lowest BCUT2D eigenvalue weighted by Gasteiger charge is -2.34. The molecule has 2 aromatic heterocycles. The molecule has 0 spiro atoms. The van der Waals surface area contributed by atoms with E-state index in [1.54, 1.807) is 23.2 Å². The van der Waals surface area contributed by atoms with Crippen molar-refractivity contribution in [1.82, 2.24) is 20.5 Å². The van der Waals surface area contributed by atoms with Crippen LogP contribution in [-0.2, 0) is 20.9 Å². The fourth-order valence-electron chi connectivity index (χ4n) is 5.02. The van der Waals surface area contributed by atoms with Gasteiger partial charge in [-0.15, -0.1) is 0 Å². The van der Waals surface area contributed by atoms with Crippen LogP contribution in [0.2, 0.25) is 0 Å². The molecule has 1 aliphatic heterocycles. The number of rotatable bonds is 8. The number of amides is 2. The summed E-state index contributed by atoms with van der Waals surface area (Å²) in [6, 6.07) is 2.31. The Morgan fingerprint density at radius 2 is 2.00 bits per heavy atom. The Labute approximate surface area is 191 Å². The third-order valence-corrected chi connectivity index (χ3v) is 6.66. The topological polar surface area (TPSA) is 151 Å². The number of nitrogens with two attached hydrogens (primary N) is 1. The summed E-state index contributed by atoms with van der Waals surface area (Å²) in [5.41, 5.74) is 6.47. The molecular weight excluding hydrogens is 426 g/mol. The highest BCUT2D eigenvalue weighted by Crippen LogP contribution is 2.29. The first-order chi connectivity index (χ1) is 15.9. The van der Waals surface area contributed by atoms with Crippen LogP contribution < -0.4 is 16.4 Å². The van der Waals surface area contributed by atoms with Gasteiger partial charge in [0.05, 0.1) is 24.5 Å². The molecule has 1 aliphatic carbocycles. The van der Waals surface area contributed by atoms with Gasteiger partial charge in [-0.1, -0.05) is 19.3 Å². The predicted molar refractivity (Wildman–Crippen MR) is 121 cm³/mol. The summed E-state index contributed by atoms with van der Waals surface area (Å²) in [7, 11) is 0. The van der Waals surface area contributed by atoms with Gasteiger partial charge in [0, 0.05) is 12.7 Å². The molecule has 2 fully saturated rings. The van der Waals surface area contributed by atoms with Crippen molar-refractivity contribution < 1.29 is 23.9 Å². The molecule has 2 atom stereocenters. The smallest absolute Gasteiger partial charge is 0.317 e. The fourth-order valence-corrected chi connectivity index (χ4v) is 5.02. The number of nitrogens with one attached hydrogen (secondary N) is 2. The van der Waals surface area contributed by atoms with Crippen LogP contribution in [0.3, 0.4) is 0 Å². The summed E-state index contributed by atoms with van der Waals surface area (Å²) < 4.78 is 5.73. The molecule has 10 heteroatoms. The maximum absolute atomic E-state index is 13.5. The molecule has 4 rings (SSSR count). The molecule has 33 heavy (non-hydrogen) atoms. The molecule has 1 saturated heterocycles. The maximum Gasteiger partial charge on any atom is 0.317 e. The molecule has 178 valence electrons. The monoisotopic (exact) mass is 457 g/mol. The van der Waals surface area contributed by atoms with Gasteiger partial charge in [-0.2, -0.15) is 0 Å². The van der Waals surface area contributed by atoms with Gasteiger partial charge >= 0.3 is 5.97 Å². The number of carbonyl (C=O) groups is 3. The summed E-state index contributed by atoms with van der Waals surface area (Å²) >= 11 is 0. The molecule has 0 unspecified atom stereocenters. The van der Waals surface area contributed by atoms with Crippen molar-refractivity contribution >= 4 is 34.6 Å². The number of pyridine rings is 1. The van der Waals surface area contributed by atoms with E-state index >= 15 is 0 Å². The summed E-state index contributed by atoms with van der Waals surface area (Å²) in [6.45, 7) is 0.387. The summed E-state index contributed by atoms with van der Waals surface area (Å²) in [4.78, 5) is 43.2. The predicted octanol–water partition coefficient (Wildman–Crippen LogP) is 1.64. The van der Waals surface area contributed by atoms with E-state index in [0.29, 0.717) is 35.5 Å². The van der Waals surface area contributed by atoms with Crippen LogP contribution in [0.25, 0.3) is 11.0 Å². The van der Waals surface area contributed by atoms with Gasteiger partial charge < -0.3 is 25.5 Å². The van der Waals surface area contributed by atoms with Gasteiger partial charge in [-0.3, -0.25) is 19.7 Å². The Morgan fingerprint density at radius 1 is 1.21 bits per heavy atom. The Bertz CT molecular complexity index is 1020. The zero-order valence-corrected chi connectivity index (χ0v) is 18.6. The maximum atomic E-state index is 13.5. The van der Waals surface area contributed by atoms with Gasteiger partial charge in [-0.25, -0.2) is 4.98 Å². The molecule has 0 bridgehead atoms. The number of nitrogen functional groups attached to an aromatic ring is 1.